The lowest BCUT2D eigenvalue weighted by atomic mass is 10.1. The molecule has 28 heavy (non-hydrogen) atoms. The molecule has 1 fully saturated rings. The van der Waals surface area contributed by atoms with Gasteiger partial charge in [0.25, 0.3) is 0 Å². The number of carbonyl (C=O) groups is 1. The van der Waals surface area contributed by atoms with Crippen LogP contribution in [0.4, 0.5) is 5.13 Å². The minimum absolute atomic E-state index is 0.149. The van der Waals surface area contributed by atoms with Gasteiger partial charge in [-0.2, -0.15) is 0 Å². The molecule has 1 aliphatic heterocycles. The van der Waals surface area contributed by atoms with Gasteiger partial charge in [0.2, 0.25) is 5.91 Å². The minimum Gasteiger partial charge on any atom is -0.493 e. The molecule has 0 aliphatic carbocycles. The Hall–Kier alpha value is -2.67. The van der Waals surface area contributed by atoms with Gasteiger partial charge in [0.05, 0.1) is 13.0 Å². The fourth-order valence-corrected chi connectivity index (χ4v) is 4.29. The molecule has 0 saturated carbocycles. The van der Waals surface area contributed by atoms with Gasteiger partial charge < -0.3 is 14.5 Å². The summed E-state index contributed by atoms with van der Waals surface area (Å²) < 4.78 is 5.83. The van der Waals surface area contributed by atoms with Gasteiger partial charge in [-0.1, -0.05) is 23.5 Å². The van der Waals surface area contributed by atoms with Crippen LogP contribution in [0.5, 0.6) is 5.75 Å². The van der Waals surface area contributed by atoms with E-state index in [1.54, 1.807) is 17.5 Å². The van der Waals surface area contributed by atoms with E-state index in [0.29, 0.717) is 26.1 Å². The predicted molar refractivity (Wildman–Crippen MR) is 112 cm³/mol. The van der Waals surface area contributed by atoms with E-state index in [4.69, 9.17) is 4.74 Å². The van der Waals surface area contributed by atoms with Crippen LogP contribution in [0.3, 0.4) is 0 Å². The number of benzene rings is 1. The van der Waals surface area contributed by atoms with Gasteiger partial charge in [0.15, 0.2) is 5.13 Å². The molecule has 146 valence electrons. The Balaban J connectivity index is 1.27. The molecule has 2 aromatic heterocycles. The summed E-state index contributed by atoms with van der Waals surface area (Å²) in [4.78, 5) is 26.7. The molecule has 1 aromatic carbocycles. The van der Waals surface area contributed by atoms with Gasteiger partial charge in [0, 0.05) is 32.4 Å². The lowest BCUT2D eigenvalue weighted by Crippen LogP contribution is -2.49. The standard InChI is InChI=1S/C21H24N4O2S/c1-15-5-3-7-18(16(15)2)27-14-8-19(26)24-10-12-25(13-11-24)21-23-17-6-4-9-22-20(17)28-21/h3-7,9H,8,10-14H2,1-2H3. The summed E-state index contributed by atoms with van der Waals surface area (Å²) >= 11 is 1.61. The number of fused-ring (bicyclic) bond motifs is 1. The summed E-state index contributed by atoms with van der Waals surface area (Å²) in [6.07, 6.45) is 2.19. The third kappa shape index (κ3) is 3.94. The third-order valence-corrected chi connectivity index (χ3v) is 6.23. The number of nitrogens with zero attached hydrogens (tertiary/aromatic N) is 4. The molecule has 7 heteroatoms. The number of hydrogen-bond donors (Lipinski definition) is 0. The van der Waals surface area contributed by atoms with E-state index in [1.165, 1.54) is 5.56 Å². The first-order chi connectivity index (χ1) is 13.6. The van der Waals surface area contributed by atoms with Crippen LogP contribution >= 0.6 is 11.3 Å². The van der Waals surface area contributed by atoms with Crippen LogP contribution < -0.4 is 9.64 Å². The molecule has 4 rings (SSSR count). The Morgan fingerprint density at radius 3 is 2.75 bits per heavy atom. The second-order valence-corrected chi connectivity index (χ2v) is 7.94. The molecule has 0 atom stereocenters. The average Bonchev–Trinajstić information content (AvgIpc) is 3.15. The SMILES string of the molecule is Cc1cccc(OCCC(=O)N2CCN(c3nc4cccnc4s3)CC2)c1C. The highest BCUT2D eigenvalue weighted by Crippen LogP contribution is 2.27. The first-order valence-electron chi connectivity index (χ1n) is 9.55. The zero-order chi connectivity index (χ0) is 19.5. The summed E-state index contributed by atoms with van der Waals surface area (Å²) in [5.41, 5.74) is 3.27. The van der Waals surface area contributed by atoms with Crippen LogP contribution in [0.25, 0.3) is 10.3 Å². The van der Waals surface area contributed by atoms with Gasteiger partial charge in [-0.15, -0.1) is 0 Å². The molecule has 0 unspecified atom stereocenters. The number of pyridine rings is 1. The molecule has 6 nitrogen and oxygen atoms in total. The number of carbonyl (C=O) groups excluding carboxylic acids is 1. The monoisotopic (exact) mass is 396 g/mol. The molecule has 3 aromatic rings. The van der Waals surface area contributed by atoms with Crippen molar-refractivity contribution in [1.82, 2.24) is 14.9 Å². The quantitative estimate of drug-likeness (QED) is 0.661. The summed E-state index contributed by atoms with van der Waals surface area (Å²) in [7, 11) is 0. The van der Waals surface area contributed by atoms with Crippen molar-refractivity contribution < 1.29 is 9.53 Å². The van der Waals surface area contributed by atoms with Gasteiger partial charge in [-0.05, 0) is 43.2 Å². The molecule has 0 radical (unpaired) electrons. The summed E-state index contributed by atoms with van der Waals surface area (Å²) in [5.74, 6) is 1.01. The van der Waals surface area contributed by atoms with Crippen molar-refractivity contribution in [3.8, 4) is 5.75 Å². The lowest BCUT2D eigenvalue weighted by Gasteiger charge is -2.34. The van der Waals surface area contributed by atoms with Gasteiger partial charge >= 0.3 is 0 Å². The van der Waals surface area contributed by atoms with Gasteiger partial charge in [-0.3, -0.25) is 4.79 Å². The van der Waals surface area contributed by atoms with E-state index in [0.717, 1.165) is 39.9 Å². The Morgan fingerprint density at radius 2 is 1.96 bits per heavy atom. The van der Waals surface area contributed by atoms with Crippen molar-refractivity contribution >= 4 is 32.7 Å². The number of rotatable bonds is 5. The molecule has 1 amide bonds. The number of thiazole rings is 1. The van der Waals surface area contributed by atoms with E-state index in [-0.39, 0.29) is 5.91 Å². The Labute approximate surface area is 168 Å². The summed E-state index contributed by atoms with van der Waals surface area (Å²) in [6.45, 7) is 7.54. The zero-order valence-electron chi connectivity index (χ0n) is 16.2. The van der Waals surface area contributed by atoms with Crippen molar-refractivity contribution in [1.29, 1.82) is 0 Å². The van der Waals surface area contributed by atoms with E-state index in [2.05, 4.69) is 27.9 Å². The fourth-order valence-electron chi connectivity index (χ4n) is 3.33. The number of hydrogen-bond acceptors (Lipinski definition) is 6. The maximum atomic E-state index is 12.5. The number of aromatic nitrogens is 2. The highest BCUT2D eigenvalue weighted by atomic mass is 32.1. The van der Waals surface area contributed by atoms with Crippen molar-refractivity contribution in [3.05, 3.63) is 47.7 Å². The number of anilines is 1. The highest BCUT2D eigenvalue weighted by molar-refractivity contribution is 7.21. The molecule has 1 aliphatic rings. The van der Waals surface area contributed by atoms with Crippen molar-refractivity contribution in [2.75, 3.05) is 37.7 Å². The van der Waals surface area contributed by atoms with E-state index in [1.807, 2.05) is 36.1 Å². The van der Waals surface area contributed by atoms with Gasteiger partial charge in [0.1, 0.15) is 16.1 Å². The topological polar surface area (TPSA) is 58.6 Å². The van der Waals surface area contributed by atoms with Crippen LogP contribution in [0.15, 0.2) is 36.5 Å². The van der Waals surface area contributed by atoms with Crippen molar-refractivity contribution in [2.45, 2.75) is 20.3 Å². The Kier molecular flexibility index (Phi) is 5.43. The first kappa shape index (κ1) is 18.7. The summed E-state index contributed by atoms with van der Waals surface area (Å²) in [6, 6.07) is 9.89. The Morgan fingerprint density at radius 1 is 1.14 bits per heavy atom. The largest absolute Gasteiger partial charge is 0.493 e. The number of aryl methyl sites for hydroxylation is 1. The number of amides is 1. The Bertz CT molecular complexity index is 946. The molecule has 0 N–H and O–H groups in total. The van der Waals surface area contributed by atoms with E-state index < -0.39 is 0 Å². The number of piperazine rings is 1. The van der Waals surface area contributed by atoms with Crippen molar-refractivity contribution in [2.24, 2.45) is 0 Å². The molecular weight excluding hydrogens is 372 g/mol. The van der Waals surface area contributed by atoms with E-state index >= 15 is 0 Å². The van der Waals surface area contributed by atoms with Crippen molar-refractivity contribution in [3.63, 3.8) is 0 Å². The van der Waals surface area contributed by atoms with Crippen LogP contribution in [-0.2, 0) is 4.79 Å². The van der Waals surface area contributed by atoms with Crippen LogP contribution in [0, 0.1) is 13.8 Å². The second-order valence-electron chi connectivity index (χ2n) is 6.99. The zero-order valence-corrected chi connectivity index (χ0v) is 17.0. The molecule has 0 bridgehead atoms. The summed E-state index contributed by atoms with van der Waals surface area (Å²) in [5, 5.41) is 0.985. The molecular formula is C21H24N4O2S. The predicted octanol–water partition coefficient (Wildman–Crippen LogP) is 3.43. The molecule has 3 heterocycles. The normalized spacial score (nSPS) is 14.5. The van der Waals surface area contributed by atoms with Crippen LogP contribution in [0.1, 0.15) is 17.5 Å². The number of ether oxygens (including phenoxy) is 1. The molecule has 1 saturated heterocycles. The average molecular weight is 397 g/mol. The molecule has 0 spiro atoms. The maximum Gasteiger partial charge on any atom is 0.226 e. The smallest absolute Gasteiger partial charge is 0.226 e. The maximum absolute atomic E-state index is 12.5. The van der Waals surface area contributed by atoms with Crippen LogP contribution in [-0.4, -0.2) is 53.6 Å². The lowest BCUT2D eigenvalue weighted by molar-refractivity contribution is -0.132. The highest BCUT2D eigenvalue weighted by Gasteiger charge is 2.23. The third-order valence-electron chi connectivity index (χ3n) is 5.19. The van der Waals surface area contributed by atoms with Gasteiger partial charge in [-0.25, -0.2) is 9.97 Å². The minimum atomic E-state index is 0.149. The fraction of sp³-hybridized carbons (Fsp3) is 0.381. The second kappa shape index (κ2) is 8.14. The van der Waals surface area contributed by atoms with Crippen LogP contribution in [0.2, 0.25) is 0 Å². The first-order valence-corrected chi connectivity index (χ1v) is 10.4. The van der Waals surface area contributed by atoms with E-state index in [9.17, 15) is 4.79 Å².